The van der Waals surface area contributed by atoms with Crippen molar-refractivity contribution in [3.63, 3.8) is 0 Å². The Morgan fingerprint density at radius 3 is 2.44 bits per heavy atom. The number of carbonyl (C=O) groups is 2. The van der Waals surface area contributed by atoms with Gasteiger partial charge in [-0.1, -0.05) is 26.2 Å². The second-order valence-electron chi connectivity index (χ2n) is 5.37. The number of hydrogen-bond donors (Lipinski definition) is 3. The van der Waals surface area contributed by atoms with E-state index >= 15 is 0 Å². The summed E-state index contributed by atoms with van der Waals surface area (Å²) in [6.45, 7) is 4.10. The fourth-order valence-corrected chi connectivity index (χ4v) is 2.47. The van der Waals surface area contributed by atoms with Crippen molar-refractivity contribution in [1.29, 1.82) is 0 Å². The van der Waals surface area contributed by atoms with Crippen LogP contribution in [0.2, 0.25) is 0 Å². The molecule has 5 heteroatoms. The van der Waals surface area contributed by atoms with Crippen molar-refractivity contribution in [2.45, 2.75) is 57.9 Å². The molecule has 1 rings (SSSR count). The van der Waals surface area contributed by atoms with E-state index in [-0.39, 0.29) is 6.03 Å². The SMILES string of the molecule is CCCC(C)(NC(=O)NCC1CCCC1)C(=O)O. The van der Waals surface area contributed by atoms with E-state index < -0.39 is 11.5 Å². The first kappa shape index (κ1) is 14.8. The van der Waals surface area contributed by atoms with Crippen LogP contribution in [0.1, 0.15) is 52.4 Å². The number of carbonyl (C=O) groups excluding carboxylic acids is 1. The van der Waals surface area contributed by atoms with E-state index in [4.69, 9.17) is 5.11 Å². The van der Waals surface area contributed by atoms with Crippen molar-refractivity contribution in [2.24, 2.45) is 5.92 Å². The molecule has 0 saturated heterocycles. The normalized spacial score (nSPS) is 19.2. The summed E-state index contributed by atoms with van der Waals surface area (Å²) in [5.74, 6) is -0.432. The lowest BCUT2D eigenvalue weighted by Gasteiger charge is -2.26. The summed E-state index contributed by atoms with van der Waals surface area (Å²) in [5.41, 5.74) is -1.17. The van der Waals surface area contributed by atoms with Crippen LogP contribution in [0.5, 0.6) is 0 Å². The van der Waals surface area contributed by atoms with Gasteiger partial charge in [-0.2, -0.15) is 0 Å². The van der Waals surface area contributed by atoms with Gasteiger partial charge in [0.1, 0.15) is 5.54 Å². The lowest BCUT2D eigenvalue weighted by molar-refractivity contribution is -0.144. The standard InChI is InChI=1S/C13H24N2O3/c1-3-8-13(2,11(16)17)15-12(18)14-9-10-6-4-5-7-10/h10H,3-9H2,1-2H3,(H,16,17)(H2,14,15,18). The van der Waals surface area contributed by atoms with Gasteiger partial charge in [-0.25, -0.2) is 9.59 Å². The number of carboxylic acid groups (broad SMARTS) is 1. The molecule has 0 aromatic rings. The quantitative estimate of drug-likeness (QED) is 0.681. The zero-order valence-corrected chi connectivity index (χ0v) is 11.3. The maximum atomic E-state index is 11.7. The third-order valence-corrected chi connectivity index (χ3v) is 3.64. The lowest BCUT2D eigenvalue weighted by Crippen LogP contribution is -2.55. The van der Waals surface area contributed by atoms with Crippen LogP contribution in [0.3, 0.4) is 0 Å². The summed E-state index contributed by atoms with van der Waals surface area (Å²) in [6.07, 6.45) is 5.93. The van der Waals surface area contributed by atoms with Crippen molar-refractivity contribution >= 4 is 12.0 Å². The fraction of sp³-hybridized carbons (Fsp3) is 0.846. The number of hydrogen-bond acceptors (Lipinski definition) is 2. The van der Waals surface area contributed by atoms with E-state index in [1.165, 1.54) is 12.8 Å². The molecule has 18 heavy (non-hydrogen) atoms. The maximum absolute atomic E-state index is 11.7. The average molecular weight is 256 g/mol. The van der Waals surface area contributed by atoms with Gasteiger partial charge in [-0.3, -0.25) is 0 Å². The van der Waals surface area contributed by atoms with E-state index in [0.717, 1.165) is 12.8 Å². The van der Waals surface area contributed by atoms with Crippen molar-refractivity contribution in [1.82, 2.24) is 10.6 Å². The minimum atomic E-state index is -1.17. The number of aliphatic carboxylic acids is 1. The first-order valence-corrected chi connectivity index (χ1v) is 6.77. The van der Waals surface area contributed by atoms with E-state index in [2.05, 4.69) is 10.6 Å². The first-order chi connectivity index (χ1) is 8.48. The molecule has 0 aliphatic heterocycles. The minimum absolute atomic E-state index is 0.375. The molecule has 1 saturated carbocycles. The molecule has 1 aliphatic rings. The molecular weight excluding hydrogens is 232 g/mol. The lowest BCUT2D eigenvalue weighted by atomic mass is 9.96. The molecule has 0 spiro atoms. The topological polar surface area (TPSA) is 78.4 Å². The molecule has 0 aromatic carbocycles. The van der Waals surface area contributed by atoms with Gasteiger partial charge in [0.2, 0.25) is 0 Å². The van der Waals surface area contributed by atoms with Gasteiger partial charge in [0.25, 0.3) is 0 Å². The van der Waals surface area contributed by atoms with Crippen LogP contribution in [0.15, 0.2) is 0 Å². The zero-order valence-electron chi connectivity index (χ0n) is 11.3. The number of amides is 2. The number of nitrogens with one attached hydrogen (secondary N) is 2. The molecule has 5 nitrogen and oxygen atoms in total. The molecule has 1 unspecified atom stereocenters. The molecule has 0 radical (unpaired) electrons. The van der Waals surface area contributed by atoms with E-state index in [1.807, 2.05) is 6.92 Å². The monoisotopic (exact) mass is 256 g/mol. The molecule has 0 heterocycles. The fourth-order valence-electron chi connectivity index (χ4n) is 2.47. The van der Waals surface area contributed by atoms with Gasteiger partial charge in [0.05, 0.1) is 0 Å². The summed E-state index contributed by atoms with van der Waals surface area (Å²) in [7, 11) is 0. The van der Waals surface area contributed by atoms with Crippen molar-refractivity contribution in [2.75, 3.05) is 6.54 Å². The van der Waals surface area contributed by atoms with E-state index in [0.29, 0.717) is 25.3 Å². The number of rotatable bonds is 6. The highest BCUT2D eigenvalue weighted by Crippen LogP contribution is 2.23. The van der Waals surface area contributed by atoms with Crippen LogP contribution in [0, 0.1) is 5.92 Å². The van der Waals surface area contributed by atoms with Gasteiger partial charge in [0.15, 0.2) is 0 Å². The molecule has 1 fully saturated rings. The smallest absolute Gasteiger partial charge is 0.329 e. The average Bonchev–Trinajstić information content (AvgIpc) is 2.79. The Morgan fingerprint density at radius 2 is 1.94 bits per heavy atom. The van der Waals surface area contributed by atoms with E-state index in [1.54, 1.807) is 6.92 Å². The van der Waals surface area contributed by atoms with Gasteiger partial charge in [-0.15, -0.1) is 0 Å². The Balaban J connectivity index is 2.38. The van der Waals surface area contributed by atoms with Gasteiger partial charge in [-0.05, 0) is 32.1 Å². The summed E-state index contributed by atoms with van der Waals surface area (Å²) in [5, 5.41) is 14.5. The zero-order chi connectivity index (χ0) is 13.6. The molecular formula is C13H24N2O3. The molecule has 104 valence electrons. The van der Waals surface area contributed by atoms with Crippen LogP contribution in [0.4, 0.5) is 4.79 Å². The van der Waals surface area contributed by atoms with Crippen LogP contribution in [-0.4, -0.2) is 29.2 Å². The third kappa shape index (κ3) is 4.20. The first-order valence-electron chi connectivity index (χ1n) is 6.77. The molecule has 3 N–H and O–H groups in total. The maximum Gasteiger partial charge on any atom is 0.329 e. The Bertz CT molecular complexity index is 301. The second kappa shape index (κ2) is 6.61. The molecule has 0 bridgehead atoms. The predicted molar refractivity (Wildman–Crippen MR) is 69.4 cm³/mol. The third-order valence-electron chi connectivity index (χ3n) is 3.64. The Morgan fingerprint density at radius 1 is 1.33 bits per heavy atom. The van der Waals surface area contributed by atoms with Crippen molar-refractivity contribution < 1.29 is 14.7 Å². The van der Waals surface area contributed by atoms with Gasteiger partial charge < -0.3 is 15.7 Å². The van der Waals surface area contributed by atoms with Crippen LogP contribution >= 0.6 is 0 Å². The summed E-state index contributed by atoms with van der Waals surface area (Å²) in [6, 6.07) is -0.375. The van der Waals surface area contributed by atoms with Gasteiger partial charge in [0, 0.05) is 6.54 Å². The molecule has 1 atom stereocenters. The second-order valence-corrected chi connectivity index (χ2v) is 5.37. The van der Waals surface area contributed by atoms with Crippen LogP contribution in [-0.2, 0) is 4.79 Å². The molecule has 1 aliphatic carbocycles. The van der Waals surface area contributed by atoms with Crippen molar-refractivity contribution in [3.8, 4) is 0 Å². The molecule has 0 aromatic heterocycles. The van der Waals surface area contributed by atoms with Crippen LogP contribution in [0.25, 0.3) is 0 Å². The Labute approximate surface area is 108 Å². The number of carboxylic acids is 1. The Kier molecular flexibility index (Phi) is 5.44. The number of urea groups is 1. The van der Waals surface area contributed by atoms with Crippen LogP contribution < -0.4 is 10.6 Å². The largest absolute Gasteiger partial charge is 0.480 e. The van der Waals surface area contributed by atoms with E-state index in [9.17, 15) is 9.59 Å². The summed E-state index contributed by atoms with van der Waals surface area (Å²) in [4.78, 5) is 22.9. The highest BCUT2D eigenvalue weighted by molar-refractivity contribution is 5.85. The molecule has 2 amide bonds. The Hall–Kier alpha value is -1.26. The van der Waals surface area contributed by atoms with Crippen molar-refractivity contribution in [3.05, 3.63) is 0 Å². The predicted octanol–water partition coefficient (Wildman–Crippen LogP) is 2.12. The highest BCUT2D eigenvalue weighted by atomic mass is 16.4. The van der Waals surface area contributed by atoms with Gasteiger partial charge >= 0.3 is 12.0 Å². The summed E-state index contributed by atoms with van der Waals surface area (Å²) >= 11 is 0. The highest BCUT2D eigenvalue weighted by Gasteiger charge is 2.33. The minimum Gasteiger partial charge on any atom is -0.480 e. The summed E-state index contributed by atoms with van der Waals surface area (Å²) < 4.78 is 0.